The zero-order valence-corrected chi connectivity index (χ0v) is 9.23. The second-order valence-electron chi connectivity index (χ2n) is 3.66. The van der Waals surface area contributed by atoms with Gasteiger partial charge in [0.05, 0.1) is 5.69 Å². The third kappa shape index (κ3) is 3.21. The quantitative estimate of drug-likeness (QED) is 0.723. The molecule has 2 aliphatic rings. The predicted molar refractivity (Wildman–Crippen MR) is 67.6 cm³/mol. The number of ether oxygens (including phenoxy) is 1. The summed E-state index contributed by atoms with van der Waals surface area (Å²) in [5, 5.41) is 3.95. The lowest BCUT2D eigenvalue weighted by molar-refractivity contribution is 0.198. The first kappa shape index (κ1) is 10.9. The van der Waals surface area contributed by atoms with Gasteiger partial charge in [-0.3, -0.25) is 5.43 Å². The molecule has 0 aromatic heterocycles. The Morgan fingerprint density at radius 3 is 2.69 bits per heavy atom. The van der Waals surface area contributed by atoms with Crippen molar-refractivity contribution in [3.63, 3.8) is 0 Å². The average Bonchev–Trinajstić information content (AvgIpc) is 2.81. The van der Waals surface area contributed by atoms with Crippen LogP contribution in [0.5, 0.6) is 0 Å². The van der Waals surface area contributed by atoms with Gasteiger partial charge in [-0.05, 0) is 30.5 Å². The summed E-state index contributed by atoms with van der Waals surface area (Å²) in [6.07, 6.45) is 8.23. The lowest BCUT2D eigenvalue weighted by Crippen LogP contribution is -1.87. The fraction of sp³-hybridized carbons (Fsp3) is 0.308. The second-order valence-corrected chi connectivity index (χ2v) is 3.66. The van der Waals surface area contributed by atoms with Crippen LogP contribution in [0.3, 0.4) is 0 Å². The largest absolute Gasteiger partial charge is 0.381 e. The maximum absolute atomic E-state index is 4.94. The van der Waals surface area contributed by atoms with Crippen LogP contribution < -0.4 is 5.43 Å². The van der Waals surface area contributed by atoms with Crippen molar-refractivity contribution < 1.29 is 4.74 Å². The molecule has 2 aliphatic heterocycles. The van der Waals surface area contributed by atoms with Gasteiger partial charge >= 0.3 is 0 Å². The normalized spacial score (nSPS) is 16.8. The third-order valence-corrected chi connectivity index (χ3v) is 2.41. The van der Waals surface area contributed by atoms with E-state index in [2.05, 4.69) is 10.5 Å². The fourth-order valence-electron chi connectivity index (χ4n) is 1.55. The molecule has 0 spiro atoms. The van der Waals surface area contributed by atoms with Gasteiger partial charge in [0.25, 0.3) is 0 Å². The number of allylic oxidation sites excluding steroid dienone is 1. The first-order valence-corrected chi connectivity index (χ1v) is 5.59. The van der Waals surface area contributed by atoms with E-state index in [1.165, 1.54) is 18.4 Å². The minimum Gasteiger partial charge on any atom is -0.381 e. The van der Waals surface area contributed by atoms with E-state index in [1.807, 2.05) is 36.4 Å². The number of hydrogen-bond acceptors (Lipinski definition) is 3. The lowest BCUT2D eigenvalue weighted by Gasteiger charge is -2.00. The molecule has 0 radical (unpaired) electrons. The maximum Gasteiger partial charge on any atom is 0.0634 e. The molecule has 2 heterocycles. The smallest absolute Gasteiger partial charge is 0.0634 e. The summed E-state index contributed by atoms with van der Waals surface area (Å²) in [6, 6.07) is 8.05. The van der Waals surface area contributed by atoms with Crippen molar-refractivity contribution in [1.29, 1.82) is 0 Å². The Morgan fingerprint density at radius 2 is 1.94 bits per heavy atom. The molecule has 0 saturated carbocycles. The van der Waals surface area contributed by atoms with Crippen molar-refractivity contribution in [3.8, 4) is 0 Å². The van der Waals surface area contributed by atoms with E-state index in [-0.39, 0.29) is 0 Å². The number of rotatable bonds is 0. The van der Waals surface area contributed by atoms with Crippen LogP contribution in [0, 0.1) is 0 Å². The Labute approximate surface area is 95.8 Å². The number of benzene rings is 1. The summed E-state index contributed by atoms with van der Waals surface area (Å²) in [4.78, 5) is 0. The first-order valence-electron chi connectivity index (χ1n) is 5.59. The van der Waals surface area contributed by atoms with Gasteiger partial charge in [0.1, 0.15) is 0 Å². The zero-order chi connectivity index (χ0) is 11.1. The van der Waals surface area contributed by atoms with Gasteiger partial charge in [-0.25, -0.2) is 0 Å². The van der Waals surface area contributed by atoms with Crippen LogP contribution >= 0.6 is 0 Å². The standard InChI is InChI=1S/C9H8N2.C4H8O/c1-2-6-9-8(4-1)5-3-7-10-11-9;1-2-4-5-3-1/h1-7,11H;1-4H2. The minimum atomic E-state index is 1.00. The fourth-order valence-corrected chi connectivity index (χ4v) is 1.55. The monoisotopic (exact) mass is 216 g/mol. The molecule has 1 fully saturated rings. The molecule has 1 aromatic carbocycles. The van der Waals surface area contributed by atoms with E-state index in [4.69, 9.17) is 4.74 Å². The Balaban J connectivity index is 0.000000162. The van der Waals surface area contributed by atoms with Crippen LogP contribution in [-0.2, 0) is 4.74 Å². The van der Waals surface area contributed by atoms with Crippen LogP contribution in [0.2, 0.25) is 0 Å². The van der Waals surface area contributed by atoms with Crippen molar-refractivity contribution in [2.75, 3.05) is 18.6 Å². The second kappa shape index (κ2) is 6.08. The van der Waals surface area contributed by atoms with Crippen LogP contribution in [0.1, 0.15) is 18.4 Å². The van der Waals surface area contributed by atoms with Gasteiger partial charge in [0.2, 0.25) is 0 Å². The molecule has 0 bridgehead atoms. The van der Waals surface area contributed by atoms with Gasteiger partial charge in [0, 0.05) is 19.4 Å². The molecule has 1 N–H and O–H groups in total. The number of hydrazone groups is 1. The van der Waals surface area contributed by atoms with Crippen LogP contribution in [0.4, 0.5) is 5.69 Å². The Kier molecular flexibility index (Phi) is 4.14. The van der Waals surface area contributed by atoms with Crippen molar-refractivity contribution >= 4 is 18.0 Å². The van der Waals surface area contributed by atoms with Gasteiger partial charge in [0.15, 0.2) is 0 Å². The van der Waals surface area contributed by atoms with Crippen molar-refractivity contribution in [2.45, 2.75) is 12.8 Å². The summed E-state index contributed by atoms with van der Waals surface area (Å²) in [7, 11) is 0. The Morgan fingerprint density at radius 1 is 1.12 bits per heavy atom. The summed E-state index contributed by atoms with van der Waals surface area (Å²) in [5.74, 6) is 0. The van der Waals surface area contributed by atoms with E-state index in [0.29, 0.717) is 0 Å². The van der Waals surface area contributed by atoms with Crippen molar-refractivity contribution in [3.05, 3.63) is 35.9 Å². The number of para-hydroxylation sites is 1. The van der Waals surface area contributed by atoms with Gasteiger partial charge < -0.3 is 4.74 Å². The molecule has 3 nitrogen and oxygen atoms in total. The van der Waals surface area contributed by atoms with Gasteiger partial charge in [-0.1, -0.05) is 24.3 Å². The first-order chi connectivity index (χ1) is 7.97. The highest BCUT2D eigenvalue weighted by atomic mass is 16.5. The Hall–Kier alpha value is -1.61. The molecule has 0 unspecified atom stereocenters. The number of nitrogens with one attached hydrogen (secondary N) is 1. The summed E-state index contributed by atoms with van der Waals surface area (Å²) < 4.78 is 4.94. The summed E-state index contributed by atoms with van der Waals surface area (Å²) in [5.41, 5.74) is 5.16. The highest BCUT2D eigenvalue weighted by Crippen LogP contribution is 2.17. The topological polar surface area (TPSA) is 33.6 Å². The molecule has 0 aliphatic carbocycles. The molecule has 1 aromatic rings. The molecule has 3 heteroatoms. The molecule has 16 heavy (non-hydrogen) atoms. The highest BCUT2D eigenvalue weighted by Gasteiger charge is 1.96. The molecule has 0 amide bonds. The molecular formula is C13H16N2O. The summed E-state index contributed by atoms with van der Waals surface area (Å²) in [6.45, 7) is 2.00. The highest BCUT2D eigenvalue weighted by molar-refractivity contribution is 5.83. The van der Waals surface area contributed by atoms with E-state index in [1.54, 1.807) is 6.21 Å². The van der Waals surface area contributed by atoms with E-state index in [0.717, 1.165) is 18.9 Å². The minimum absolute atomic E-state index is 1.00. The Bertz CT molecular complexity index is 374. The molecular weight excluding hydrogens is 200 g/mol. The van der Waals surface area contributed by atoms with Gasteiger partial charge in [-0.15, -0.1) is 0 Å². The number of fused-ring (bicyclic) bond motifs is 1. The van der Waals surface area contributed by atoms with E-state index >= 15 is 0 Å². The SMILES string of the molecule is C1=Cc2ccccc2NN=C1.C1CCOC1. The molecule has 84 valence electrons. The maximum atomic E-state index is 4.94. The van der Waals surface area contributed by atoms with E-state index < -0.39 is 0 Å². The van der Waals surface area contributed by atoms with Crippen molar-refractivity contribution in [2.24, 2.45) is 5.10 Å². The average molecular weight is 216 g/mol. The molecule has 1 saturated heterocycles. The van der Waals surface area contributed by atoms with Crippen LogP contribution in [0.25, 0.3) is 6.08 Å². The number of hydrogen-bond donors (Lipinski definition) is 1. The molecule has 0 atom stereocenters. The van der Waals surface area contributed by atoms with Crippen LogP contribution in [0.15, 0.2) is 35.4 Å². The third-order valence-electron chi connectivity index (χ3n) is 2.41. The van der Waals surface area contributed by atoms with Crippen molar-refractivity contribution in [1.82, 2.24) is 0 Å². The predicted octanol–water partition coefficient (Wildman–Crippen LogP) is 2.91. The summed E-state index contributed by atoms with van der Waals surface area (Å²) >= 11 is 0. The lowest BCUT2D eigenvalue weighted by atomic mass is 10.2. The zero-order valence-electron chi connectivity index (χ0n) is 9.23. The number of nitrogens with zero attached hydrogens (tertiary/aromatic N) is 1. The van der Waals surface area contributed by atoms with E-state index in [9.17, 15) is 0 Å². The van der Waals surface area contributed by atoms with Crippen LogP contribution in [-0.4, -0.2) is 19.4 Å². The van der Waals surface area contributed by atoms with Gasteiger partial charge in [-0.2, -0.15) is 5.10 Å². The number of anilines is 1. The molecule has 3 rings (SSSR count).